The Morgan fingerprint density at radius 1 is 1.41 bits per heavy atom. The average Bonchev–Trinajstić information content (AvgIpc) is 2.47. The number of aliphatic carboxylic acids is 1. The highest BCUT2D eigenvalue weighted by molar-refractivity contribution is 5.79. The van der Waals surface area contributed by atoms with Crippen molar-refractivity contribution in [3.05, 3.63) is 35.6 Å². The van der Waals surface area contributed by atoms with E-state index in [0.29, 0.717) is 12.8 Å². The zero-order valence-electron chi connectivity index (χ0n) is 13.0. The number of halogens is 1. The number of benzene rings is 1. The molecule has 0 bridgehead atoms. The van der Waals surface area contributed by atoms with Crippen molar-refractivity contribution < 1.29 is 19.1 Å². The van der Waals surface area contributed by atoms with Gasteiger partial charge in [0.15, 0.2) is 0 Å². The summed E-state index contributed by atoms with van der Waals surface area (Å²) >= 11 is 0. The van der Waals surface area contributed by atoms with E-state index in [1.54, 1.807) is 17.0 Å². The van der Waals surface area contributed by atoms with E-state index in [0.717, 1.165) is 5.56 Å². The van der Waals surface area contributed by atoms with Crippen LogP contribution in [0.4, 0.5) is 4.39 Å². The van der Waals surface area contributed by atoms with E-state index in [1.165, 1.54) is 12.1 Å². The van der Waals surface area contributed by atoms with E-state index in [4.69, 9.17) is 5.11 Å². The number of carbonyl (C=O) groups excluding carboxylic acids is 1. The van der Waals surface area contributed by atoms with Crippen LogP contribution in [0.25, 0.3) is 0 Å². The summed E-state index contributed by atoms with van der Waals surface area (Å²) in [5.74, 6) is -1.79. The summed E-state index contributed by atoms with van der Waals surface area (Å²) in [6.45, 7) is 4.10. The highest BCUT2D eigenvalue weighted by atomic mass is 19.1. The van der Waals surface area contributed by atoms with Gasteiger partial charge < -0.3 is 10.0 Å². The fourth-order valence-electron chi connectivity index (χ4n) is 2.97. The van der Waals surface area contributed by atoms with Crippen molar-refractivity contribution >= 4 is 11.9 Å². The Bertz CT molecular complexity index is 561. The standard InChI is InChI=1S/C17H22FNO3/c1-11(13-4-3-5-15(18)9-13)8-16(20)19-10-14(17(21)22)7-6-12(19)2/h3-5,9,11-12,14H,6-8,10H2,1-2H3,(H,21,22). The van der Waals surface area contributed by atoms with Crippen LogP contribution in [0.1, 0.15) is 44.6 Å². The van der Waals surface area contributed by atoms with E-state index in [1.807, 2.05) is 13.8 Å². The maximum Gasteiger partial charge on any atom is 0.308 e. The van der Waals surface area contributed by atoms with E-state index in [2.05, 4.69) is 0 Å². The van der Waals surface area contributed by atoms with Crippen LogP contribution in [-0.4, -0.2) is 34.5 Å². The minimum atomic E-state index is -0.845. The van der Waals surface area contributed by atoms with Crippen LogP contribution in [0.3, 0.4) is 0 Å². The van der Waals surface area contributed by atoms with Gasteiger partial charge in [0, 0.05) is 19.0 Å². The number of likely N-dealkylation sites (tertiary alicyclic amines) is 1. The molecule has 1 heterocycles. The van der Waals surface area contributed by atoms with Gasteiger partial charge in [-0.3, -0.25) is 9.59 Å². The van der Waals surface area contributed by atoms with Gasteiger partial charge in [0.25, 0.3) is 0 Å². The monoisotopic (exact) mass is 307 g/mol. The first-order valence-electron chi connectivity index (χ1n) is 7.66. The lowest BCUT2D eigenvalue weighted by Gasteiger charge is -2.37. The molecule has 1 aliphatic heterocycles. The smallest absolute Gasteiger partial charge is 0.308 e. The van der Waals surface area contributed by atoms with Crippen molar-refractivity contribution in [2.45, 2.75) is 45.1 Å². The summed E-state index contributed by atoms with van der Waals surface area (Å²) in [5, 5.41) is 9.13. The number of rotatable bonds is 4. The van der Waals surface area contributed by atoms with Gasteiger partial charge >= 0.3 is 5.97 Å². The van der Waals surface area contributed by atoms with Gasteiger partial charge in [-0.1, -0.05) is 19.1 Å². The molecule has 0 saturated carbocycles. The minimum absolute atomic E-state index is 0.0582. The van der Waals surface area contributed by atoms with E-state index in [9.17, 15) is 14.0 Å². The van der Waals surface area contributed by atoms with Crippen molar-refractivity contribution in [2.75, 3.05) is 6.54 Å². The largest absolute Gasteiger partial charge is 0.481 e. The van der Waals surface area contributed by atoms with Crippen LogP contribution in [0, 0.1) is 11.7 Å². The third-order valence-electron chi connectivity index (χ3n) is 4.45. The van der Waals surface area contributed by atoms with Crippen molar-refractivity contribution in [1.82, 2.24) is 4.90 Å². The summed E-state index contributed by atoms with van der Waals surface area (Å²) in [6, 6.07) is 6.32. The second-order valence-electron chi connectivity index (χ2n) is 6.17. The summed E-state index contributed by atoms with van der Waals surface area (Å²) in [5.41, 5.74) is 0.785. The maximum absolute atomic E-state index is 13.3. The Kier molecular flexibility index (Phi) is 5.16. The minimum Gasteiger partial charge on any atom is -0.481 e. The number of carboxylic acids is 1. The van der Waals surface area contributed by atoms with Crippen molar-refractivity contribution in [3.63, 3.8) is 0 Å². The molecule has 3 unspecified atom stereocenters. The SMILES string of the molecule is CC(CC(=O)N1CC(C(=O)O)CCC1C)c1cccc(F)c1. The lowest BCUT2D eigenvalue weighted by Crippen LogP contribution is -2.47. The molecule has 5 heteroatoms. The van der Waals surface area contributed by atoms with Crippen LogP contribution >= 0.6 is 0 Å². The van der Waals surface area contributed by atoms with Gasteiger partial charge in [0.2, 0.25) is 5.91 Å². The van der Waals surface area contributed by atoms with Crippen molar-refractivity contribution in [3.8, 4) is 0 Å². The first-order chi connectivity index (χ1) is 10.4. The molecular weight excluding hydrogens is 285 g/mol. The van der Waals surface area contributed by atoms with Gasteiger partial charge in [-0.15, -0.1) is 0 Å². The van der Waals surface area contributed by atoms with E-state index in [-0.39, 0.29) is 36.6 Å². The van der Waals surface area contributed by atoms with Crippen LogP contribution in [0.2, 0.25) is 0 Å². The van der Waals surface area contributed by atoms with Crippen molar-refractivity contribution in [2.24, 2.45) is 5.92 Å². The first-order valence-corrected chi connectivity index (χ1v) is 7.66. The quantitative estimate of drug-likeness (QED) is 0.930. The van der Waals surface area contributed by atoms with Gasteiger partial charge in [0.1, 0.15) is 5.82 Å². The first kappa shape index (κ1) is 16.5. The molecule has 1 saturated heterocycles. The van der Waals surface area contributed by atoms with Gasteiger partial charge in [-0.25, -0.2) is 4.39 Å². The van der Waals surface area contributed by atoms with Crippen LogP contribution in [-0.2, 0) is 9.59 Å². The third-order valence-corrected chi connectivity index (χ3v) is 4.45. The summed E-state index contributed by atoms with van der Waals surface area (Å²) in [7, 11) is 0. The molecule has 120 valence electrons. The normalized spacial score (nSPS) is 23.1. The number of carboxylic acid groups (broad SMARTS) is 1. The average molecular weight is 307 g/mol. The maximum atomic E-state index is 13.3. The number of piperidine rings is 1. The summed E-state index contributed by atoms with van der Waals surface area (Å²) in [6.07, 6.45) is 1.58. The molecule has 1 aromatic rings. The topological polar surface area (TPSA) is 57.6 Å². The van der Waals surface area contributed by atoms with Crippen LogP contribution in [0.15, 0.2) is 24.3 Å². The second kappa shape index (κ2) is 6.90. The van der Waals surface area contributed by atoms with Gasteiger partial charge in [-0.2, -0.15) is 0 Å². The molecule has 0 aliphatic carbocycles. The molecule has 4 nitrogen and oxygen atoms in total. The Morgan fingerprint density at radius 3 is 2.77 bits per heavy atom. The third kappa shape index (κ3) is 3.84. The number of nitrogens with zero attached hydrogens (tertiary/aromatic N) is 1. The Labute approximate surface area is 129 Å². The highest BCUT2D eigenvalue weighted by Crippen LogP contribution is 2.26. The molecule has 0 aromatic heterocycles. The molecule has 1 aliphatic rings. The van der Waals surface area contributed by atoms with E-state index >= 15 is 0 Å². The summed E-state index contributed by atoms with van der Waals surface area (Å²) < 4.78 is 13.3. The Hall–Kier alpha value is -1.91. The van der Waals surface area contributed by atoms with Crippen LogP contribution in [0.5, 0.6) is 0 Å². The van der Waals surface area contributed by atoms with Crippen molar-refractivity contribution in [1.29, 1.82) is 0 Å². The highest BCUT2D eigenvalue weighted by Gasteiger charge is 2.32. The molecule has 1 fully saturated rings. The van der Waals surface area contributed by atoms with Gasteiger partial charge in [0.05, 0.1) is 5.92 Å². The zero-order valence-corrected chi connectivity index (χ0v) is 13.0. The molecule has 2 rings (SSSR count). The number of amides is 1. The lowest BCUT2D eigenvalue weighted by atomic mass is 9.91. The molecule has 1 N–H and O–H groups in total. The predicted octanol–water partition coefficient (Wildman–Crippen LogP) is 3.03. The molecule has 1 aromatic carbocycles. The Morgan fingerprint density at radius 2 is 2.14 bits per heavy atom. The Balaban J connectivity index is 2.02. The zero-order chi connectivity index (χ0) is 16.3. The van der Waals surface area contributed by atoms with E-state index < -0.39 is 11.9 Å². The summed E-state index contributed by atoms with van der Waals surface area (Å²) in [4.78, 5) is 25.3. The fourth-order valence-corrected chi connectivity index (χ4v) is 2.97. The lowest BCUT2D eigenvalue weighted by molar-refractivity contribution is -0.147. The predicted molar refractivity (Wildman–Crippen MR) is 81.0 cm³/mol. The molecule has 3 atom stereocenters. The van der Waals surface area contributed by atoms with Crippen LogP contribution < -0.4 is 0 Å². The molecule has 0 radical (unpaired) electrons. The number of hydrogen-bond donors (Lipinski definition) is 1. The second-order valence-corrected chi connectivity index (χ2v) is 6.17. The molecular formula is C17H22FNO3. The fraction of sp³-hybridized carbons (Fsp3) is 0.529. The molecule has 1 amide bonds. The number of hydrogen-bond acceptors (Lipinski definition) is 2. The molecule has 0 spiro atoms. The molecule has 22 heavy (non-hydrogen) atoms. The number of carbonyl (C=O) groups is 2. The van der Waals surface area contributed by atoms with Gasteiger partial charge in [-0.05, 0) is 43.4 Å².